The molecule has 0 fully saturated rings. The summed E-state index contributed by atoms with van der Waals surface area (Å²) in [7, 11) is 0. The Morgan fingerprint density at radius 1 is 0.208 bits per heavy atom. The van der Waals surface area contributed by atoms with Gasteiger partial charge < -0.3 is 0 Å². The van der Waals surface area contributed by atoms with E-state index in [1.54, 1.807) is 0 Å². The molecule has 1 heterocycles. The molecule has 0 radical (unpaired) electrons. The lowest BCUT2D eigenvalue weighted by atomic mass is 9.95. The lowest BCUT2D eigenvalue weighted by Crippen LogP contribution is -1.95. The second-order valence-electron chi connectivity index (χ2n) is 11.9. The molecular formula is C46H32N2. The molecule has 8 rings (SSSR count). The van der Waals surface area contributed by atoms with Crippen molar-refractivity contribution >= 4 is 0 Å². The molecule has 1 aromatic heterocycles. The minimum absolute atomic E-state index is 0.721. The van der Waals surface area contributed by atoms with Gasteiger partial charge in [0, 0.05) is 16.7 Å². The van der Waals surface area contributed by atoms with Crippen LogP contribution in [0.2, 0.25) is 0 Å². The van der Waals surface area contributed by atoms with E-state index in [1.807, 2.05) is 36.4 Å². The van der Waals surface area contributed by atoms with Crippen molar-refractivity contribution in [1.82, 2.24) is 9.97 Å². The van der Waals surface area contributed by atoms with Gasteiger partial charge in [-0.05, 0) is 62.7 Å². The Balaban J connectivity index is 1.06. The Hall–Kier alpha value is -6.38. The summed E-state index contributed by atoms with van der Waals surface area (Å²) in [4.78, 5) is 9.92. The lowest BCUT2D eigenvalue weighted by Gasteiger charge is -2.11. The summed E-state index contributed by atoms with van der Waals surface area (Å²) < 4.78 is 0. The van der Waals surface area contributed by atoms with Crippen molar-refractivity contribution in [2.45, 2.75) is 0 Å². The molecule has 0 saturated heterocycles. The van der Waals surface area contributed by atoms with E-state index in [4.69, 9.17) is 9.97 Å². The van der Waals surface area contributed by atoms with E-state index in [9.17, 15) is 0 Å². The normalized spacial score (nSPS) is 10.9. The maximum atomic E-state index is 4.99. The first kappa shape index (κ1) is 29.1. The van der Waals surface area contributed by atoms with Crippen molar-refractivity contribution in [3.05, 3.63) is 194 Å². The Bertz CT molecular complexity index is 2240. The van der Waals surface area contributed by atoms with Crippen LogP contribution in [0.3, 0.4) is 0 Å². The molecule has 0 spiro atoms. The largest absolute Gasteiger partial charge is 0.228 e. The van der Waals surface area contributed by atoms with E-state index < -0.39 is 0 Å². The number of hydrogen-bond donors (Lipinski definition) is 0. The van der Waals surface area contributed by atoms with Crippen LogP contribution in [0, 0.1) is 0 Å². The fraction of sp³-hybridized carbons (Fsp3) is 0. The molecule has 226 valence electrons. The molecule has 48 heavy (non-hydrogen) atoms. The maximum absolute atomic E-state index is 4.99. The molecule has 2 heteroatoms. The van der Waals surface area contributed by atoms with Gasteiger partial charge in [-0.2, -0.15) is 0 Å². The summed E-state index contributed by atoms with van der Waals surface area (Å²) in [6, 6.07) is 68.2. The third kappa shape index (κ3) is 6.20. The monoisotopic (exact) mass is 612 g/mol. The van der Waals surface area contributed by atoms with Crippen LogP contribution in [-0.2, 0) is 0 Å². The summed E-state index contributed by atoms with van der Waals surface area (Å²) in [6.45, 7) is 0. The summed E-state index contributed by atoms with van der Waals surface area (Å²) >= 11 is 0. The van der Waals surface area contributed by atoms with Gasteiger partial charge in [0.2, 0.25) is 0 Å². The fourth-order valence-corrected chi connectivity index (χ4v) is 6.14. The highest BCUT2D eigenvalue weighted by Crippen LogP contribution is 2.32. The third-order valence-electron chi connectivity index (χ3n) is 8.73. The second-order valence-corrected chi connectivity index (χ2v) is 11.9. The van der Waals surface area contributed by atoms with Gasteiger partial charge in [0.05, 0.1) is 11.4 Å². The molecule has 0 bridgehead atoms. The molecule has 0 amide bonds. The zero-order valence-electron chi connectivity index (χ0n) is 26.4. The number of benzene rings is 7. The minimum atomic E-state index is 0.721. The van der Waals surface area contributed by atoms with Crippen LogP contribution in [0.5, 0.6) is 0 Å². The van der Waals surface area contributed by atoms with Gasteiger partial charge in [0.25, 0.3) is 0 Å². The second kappa shape index (κ2) is 13.2. The number of aromatic nitrogens is 2. The molecule has 0 aliphatic heterocycles. The lowest BCUT2D eigenvalue weighted by molar-refractivity contribution is 1.18. The molecule has 0 saturated carbocycles. The predicted octanol–water partition coefficient (Wildman–Crippen LogP) is 12.1. The van der Waals surface area contributed by atoms with Gasteiger partial charge in [-0.15, -0.1) is 0 Å². The first-order valence-corrected chi connectivity index (χ1v) is 16.2. The zero-order chi connectivity index (χ0) is 32.1. The van der Waals surface area contributed by atoms with Crippen molar-refractivity contribution in [3.63, 3.8) is 0 Å². The average molecular weight is 613 g/mol. The topological polar surface area (TPSA) is 25.8 Å². The summed E-state index contributed by atoms with van der Waals surface area (Å²) in [6.07, 6.45) is 0. The molecule has 0 atom stereocenters. The van der Waals surface area contributed by atoms with Crippen LogP contribution in [0.1, 0.15) is 0 Å². The van der Waals surface area contributed by atoms with E-state index in [1.165, 1.54) is 38.9 Å². The van der Waals surface area contributed by atoms with Gasteiger partial charge in [-0.25, -0.2) is 9.97 Å². The van der Waals surface area contributed by atoms with E-state index in [2.05, 4.69) is 158 Å². The molecule has 2 nitrogen and oxygen atoms in total. The number of hydrogen-bond acceptors (Lipinski definition) is 2. The van der Waals surface area contributed by atoms with E-state index in [0.717, 1.165) is 39.5 Å². The summed E-state index contributed by atoms with van der Waals surface area (Å²) in [5.74, 6) is 0.721. The first-order chi connectivity index (χ1) is 23.8. The van der Waals surface area contributed by atoms with Gasteiger partial charge in [-0.1, -0.05) is 176 Å². The Kier molecular flexibility index (Phi) is 7.96. The molecule has 0 aliphatic rings. The SMILES string of the molecule is c1ccc(-c2cccc(-c3ccc(-c4cccc(-c5ccc(-c6cc(-c7ccccc7)nc(-c7ccccc7)n6)cc5)c4)cc3)c2)cc1. The quantitative estimate of drug-likeness (QED) is 0.179. The van der Waals surface area contributed by atoms with Crippen molar-refractivity contribution in [2.24, 2.45) is 0 Å². The zero-order valence-corrected chi connectivity index (χ0v) is 26.4. The Morgan fingerprint density at radius 2 is 0.500 bits per heavy atom. The fourth-order valence-electron chi connectivity index (χ4n) is 6.14. The highest BCUT2D eigenvalue weighted by Gasteiger charge is 2.11. The maximum Gasteiger partial charge on any atom is 0.160 e. The molecule has 7 aromatic carbocycles. The van der Waals surface area contributed by atoms with Crippen LogP contribution < -0.4 is 0 Å². The predicted molar refractivity (Wildman–Crippen MR) is 200 cm³/mol. The van der Waals surface area contributed by atoms with E-state index >= 15 is 0 Å². The van der Waals surface area contributed by atoms with Crippen LogP contribution in [0.15, 0.2) is 194 Å². The van der Waals surface area contributed by atoms with Gasteiger partial charge >= 0.3 is 0 Å². The smallest absolute Gasteiger partial charge is 0.160 e. The molecular weight excluding hydrogens is 581 g/mol. The van der Waals surface area contributed by atoms with Crippen LogP contribution in [0.4, 0.5) is 0 Å². The highest BCUT2D eigenvalue weighted by atomic mass is 14.9. The van der Waals surface area contributed by atoms with Crippen molar-refractivity contribution in [3.8, 4) is 78.4 Å². The van der Waals surface area contributed by atoms with Gasteiger partial charge in [0.15, 0.2) is 5.82 Å². The molecule has 0 aliphatic carbocycles. The van der Waals surface area contributed by atoms with Crippen molar-refractivity contribution < 1.29 is 0 Å². The summed E-state index contributed by atoms with van der Waals surface area (Å²) in [5.41, 5.74) is 14.5. The minimum Gasteiger partial charge on any atom is -0.228 e. The molecule has 0 unspecified atom stereocenters. The summed E-state index contributed by atoms with van der Waals surface area (Å²) in [5, 5.41) is 0. The number of nitrogens with zero attached hydrogens (tertiary/aromatic N) is 2. The van der Waals surface area contributed by atoms with Crippen molar-refractivity contribution in [2.75, 3.05) is 0 Å². The standard InChI is InChI=1S/C46H32N2/c1-4-12-33(13-5-1)40-18-10-19-41(30-40)34-22-24-35(25-23-34)42-20-11-21-43(31-42)36-26-28-38(29-27-36)45-32-44(37-14-6-2-7-15-37)47-46(48-45)39-16-8-3-9-17-39/h1-32H. The van der Waals surface area contributed by atoms with Gasteiger partial charge in [-0.3, -0.25) is 0 Å². The third-order valence-corrected chi connectivity index (χ3v) is 8.73. The Morgan fingerprint density at radius 3 is 0.917 bits per heavy atom. The van der Waals surface area contributed by atoms with Crippen LogP contribution in [0.25, 0.3) is 78.4 Å². The molecule has 0 N–H and O–H groups in total. The first-order valence-electron chi connectivity index (χ1n) is 16.2. The number of rotatable bonds is 7. The van der Waals surface area contributed by atoms with Gasteiger partial charge in [0.1, 0.15) is 0 Å². The van der Waals surface area contributed by atoms with E-state index in [0.29, 0.717) is 0 Å². The molecule has 8 aromatic rings. The highest BCUT2D eigenvalue weighted by molar-refractivity contribution is 5.79. The Labute approximate surface area is 281 Å². The van der Waals surface area contributed by atoms with Crippen molar-refractivity contribution in [1.29, 1.82) is 0 Å². The van der Waals surface area contributed by atoms with E-state index in [-0.39, 0.29) is 0 Å². The average Bonchev–Trinajstić information content (AvgIpc) is 3.19. The van der Waals surface area contributed by atoms with Crippen LogP contribution in [-0.4, -0.2) is 9.97 Å². The van der Waals surface area contributed by atoms with Crippen LogP contribution >= 0.6 is 0 Å².